The van der Waals surface area contributed by atoms with Crippen LogP contribution in [-0.4, -0.2) is 112 Å². The number of carbonyl (C=O) groups is 3. The molecule has 13 nitrogen and oxygen atoms in total. The average Bonchev–Trinajstić information content (AvgIpc) is 3.09. The number of aryl methyl sites for hydroxylation is 2. The zero-order valence-corrected chi connectivity index (χ0v) is 30.6. The molecule has 0 amide bonds. The van der Waals surface area contributed by atoms with Gasteiger partial charge in [-0.15, -0.1) is 0 Å². The molecule has 3 radical (unpaired) electrons. The SMILES string of the molecule is Cc1ccc(CCC(CO)(CO)C(=O)O)cc1/C=C/c1cccc(-c2ccccc2)c1C.NC(CO)(CO)C(=O)O.NC(CO)C(=O)O.[B].[H-].[Na+]. The molecule has 1 unspecified atom stereocenters. The number of rotatable bonds is 14. The third-order valence-electron chi connectivity index (χ3n) is 7.70. The molecule has 0 fully saturated rings. The number of hydrogen-bond acceptors (Lipinski definition) is 10. The van der Waals surface area contributed by atoms with E-state index in [1.165, 1.54) is 16.7 Å². The summed E-state index contributed by atoms with van der Waals surface area (Å²) in [5.74, 6) is -3.77. The first kappa shape index (κ1) is 48.7. The van der Waals surface area contributed by atoms with E-state index in [1.807, 2.05) is 43.3 Å². The Balaban J connectivity index is -0.00000102. The average molecular weight is 706 g/mol. The monoisotopic (exact) mass is 705 g/mol. The van der Waals surface area contributed by atoms with Crippen LogP contribution in [0.3, 0.4) is 0 Å². The fraction of sp³-hybridized carbons (Fsp3) is 0.343. The zero-order valence-electron chi connectivity index (χ0n) is 29.6. The summed E-state index contributed by atoms with van der Waals surface area (Å²) in [4.78, 5) is 31.2. The van der Waals surface area contributed by atoms with E-state index in [-0.39, 0.29) is 45.8 Å². The predicted molar refractivity (Wildman–Crippen MR) is 188 cm³/mol. The van der Waals surface area contributed by atoms with E-state index >= 15 is 0 Å². The molecule has 12 N–H and O–H groups in total. The van der Waals surface area contributed by atoms with E-state index in [9.17, 15) is 29.7 Å². The van der Waals surface area contributed by atoms with Crippen molar-refractivity contribution >= 4 is 38.5 Å². The van der Waals surface area contributed by atoms with Crippen LogP contribution in [0.2, 0.25) is 0 Å². The van der Waals surface area contributed by atoms with Crippen LogP contribution in [-0.2, 0) is 20.8 Å². The molecule has 50 heavy (non-hydrogen) atoms. The van der Waals surface area contributed by atoms with E-state index in [1.54, 1.807) is 0 Å². The van der Waals surface area contributed by atoms with E-state index in [4.69, 9.17) is 37.0 Å². The van der Waals surface area contributed by atoms with Gasteiger partial charge in [-0.25, -0.2) is 0 Å². The molecule has 0 heterocycles. The molecule has 0 saturated carbocycles. The summed E-state index contributed by atoms with van der Waals surface area (Å²) in [5, 5.41) is 69.1. The molecule has 0 aromatic heterocycles. The van der Waals surface area contributed by atoms with Gasteiger partial charge in [0.2, 0.25) is 0 Å². The van der Waals surface area contributed by atoms with Gasteiger partial charge in [0.25, 0.3) is 0 Å². The van der Waals surface area contributed by atoms with Gasteiger partial charge in [0, 0.05) is 8.41 Å². The van der Waals surface area contributed by atoms with Crippen molar-refractivity contribution in [1.29, 1.82) is 0 Å². The Hall–Kier alpha value is -3.41. The maximum Gasteiger partial charge on any atom is 1.00 e. The summed E-state index contributed by atoms with van der Waals surface area (Å²) < 4.78 is 0. The first-order valence-electron chi connectivity index (χ1n) is 14.9. The van der Waals surface area contributed by atoms with E-state index < -0.39 is 67.9 Å². The van der Waals surface area contributed by atoms with Gasteiger partial charge < -0.3 is 53.7 Å². The van der Waals surface area contributed by atoms with Gasteiger partial charge >= 0.3 is 47.5 Å². The third-order valence-corrected chi connectivity index (χ3v) is 7.70. The minimum Gasteiger partial charge on any atom is -1.00 e. The quantitative estimate of drug-likeness (QED) is 0.0644. The predicted octanol–water partition coefficient (Wildman–Crippen LogP) is -1.99. The fourth-order valence-electron chi connectivity index (χ4n) is 4.07. The van der Waals surface area contributed by atoms with Gasteiger partial charge in [-0.1, -0.05) is 78.9 Å². The number of benzene rings is 3. The molecular formula is C35H47BN2NaO11. The Kier molecular flexibility index (Phi) is 23.3. The Bertz CT molecular complexity index is 1520. The van der Waals surface area contributed by atoms with Crippen molar-refractivity contribution in [1.82, 2.24) is 0 Å². The minimum atomic E-state index is -1.89. The number of aliphatic hydroxyl groups is 5. The second-order valence-corrected chi connectivity index (χ2v) is 11.2. The van der Waals surface area contributed by atoms with Crippen LogP contribution in [0.4, 0.5) is 0 Å². The molecule has 0 aliphatic heterocycles. The summed E-state index contributed by atoms with van der Waals surface area (Å²) in [7, 11) is 0. The van der Waals surface area contributed by atoms with Crippen molar-refractivity contribution in [3.63, 3.8) is 0 Å². The molecule has 15 heteroatoms. The Labute approximate surface area is 317 Å². The number of nitrogens with two attached hydrogens (primary N) is 2. The molecule has 0 aliphatic carbocycles. The Morgan fingerprint density at radius 2 is 1.34 bits per heavy atom. The van der Waals surface area contributed by atoms with Crippen LogP contribution in [0.5, 0.6) is 0 Å². The van der Waals surface area contributed by atoms with Gasteiger partial charge in [-0.05, 0) is 65.6 Å². The molecule has 267 valence electrons. The maximum atomic E-state index is 11.5. The topological polar surface area (TPSA) is 265 Å². The second kappa shape index (κ2) is 23.9. The minimum absolute atomic E-state index is 0. The number of carboxylic acids is 3. The number of aliphatic carboxylic acids is 3. The van der Waals surface area contributed by atoms with Crippen LogP contribution in [0.15, 0.2) is 66.7 Å². The molecule has 3 rings (SSSR count). The summed E-state index contributed by atoms with van der Waals surface area (Å²) >= 11 is 0. The summed E-state index contributed by atoms with van der Waals surface area (Å²) in [6, 6.07) is 21.5. The van der Waals surface area contributed by atoms with Gasteiger partial charge in [-0.2, -0.15) is 0 Å². The Morgan fingerprint density at radius 3 is 1.76 bits per heavy atom. The Morgan fingerprint density at radius 1 is 0.780 bits per heavy atom. The van der Waals surface area contributed by atoms with Crippen LogP contribution in [0.1, 0.15) is 35.7 Å². The molecule has 3 aromatic rings. The number of carboxylic acid groups (broad SMARTS) is 3. The summed E-state index contributed by atoms with van der Waals surface area (Å²) in [5.41, 5.74) is 14.2. The standard InChI is InChI=1S/C28H30O4.C4H9NO4.C3H7NO3.B.Na.H/c1-20-11-12-22(15-16-28(18-29,19-30)27(31)32)17-25(20)14-13-23-9-6-10-26(21(23)2)24-7-4-3-5-8-24;5-4(1-6,2-7)3(8)9;4-2(1-5)3(6)7;;;/h3-14,17,29-30H,15-16,18-19H2,1-2H3,(H,31,32);6-7H,1-2,5H2,(H,8,9);2,5H,1,4H2,(H,6,7);;;/q;;;;+1;-1/b14-13+;;;;;. The number of hydrogen-bond donors (Lipinski definition) is 10. The van der Waals surface area contributed by atoms with Crippen molar-refractivity contribution in [3.8, 4) is 11.1 Å². The number of aliphatic hydroxyl groups excluding tert-OH is 5. The van der Waals surface area contributed by atoms with Gasteiger partial charge in [0.05, 0.1) is 33.0 Å². The van der Waals surface area contributed by atoms with E-state index in [2.05, 4.69) is 49.4 Å². The first-order chi connectivity index (χ1) is 22.6. The van der Waals surface area contributed by atoms with Crippen LogP contribution in [0.25, 0.3) is 23.3 Å². The molecule has 0 bridgehead atoms. The largest absolute Gasteiger partial charge is 1.00 e. The smallest absolute Gasteiger partial charge is 1.00 e. The van der Waals surface area contributed by atoms with Crippen molar-refractivity contribution in [2.24, 2.45) is 16.9 Å². The molecule has 0 spiro atoms. The summed E-state index contributed by atoms with van der Waals surface area (Å²) in [6.45, 7) is 0.955. The van der Waals surface area contributed by atoms with E-state index in [0.29, 0.717) is 6.42 Å². The van der Waals surface area contributed by atoms with E-state index in [0.717, 1.165) is 22.3 Å². The molecule has 0 aliphatic rings. The van der Waals surface area contributed by atoms with Crippen LogP contribution < -0.4 is 41.0 Å². The second-order valence-electron chi connectivity index (χ2n) is 11.2. The van der Waals surface area contributed by atoms with Crippen molar-refractivity contribution in [2.45, 2.75) is 38.3 Å². The maximum absolute atomic E-state index is 11.5. The van der Waals surface area contributed by atoms with Gasteiger partial charge in [0.1, 0.15) is 11.5 Å². The van der Waals surface area contributed by atoms with Crippen molar-refractivity contribution in [2.75, 3.05) is 33.0 Å². The molecule has 3 aromatic carbocycles. The van der Waals surface area contributed by atoms with Gasteiger partial charge in [0.15, 0.2) is 5.54 Å². The molecule has 1 atom stereocenters. The van der Waals surface area contributed by atoms with Crippen molar-refractivity contribution < 1.29 is 86.2 Å². The fourth-order valence-corrected chi connectivity index (χ4v) is 4.07. The third kappa shape index (κ3) is 14.4. The van der Waals surface area contributed by atoms with Crippen molar-refractivity contribution in [3.05, 3.63) is 94.5 Å². The molecular weight excluding hydrogens is 658 g/mol. The first-order valence-corrected chi connectivity index (χ1v) is 14.9. The van der Waals surface area contributed by atoms with Crippen LogP contribution in [0, 0.1) is 19.3 Å². The zero-order chi connectivity index (χ0) is 36.5. The summed E-state index contributed by atoms with van der Waals surface area (Å²) in [6.07, 6.45) is 4.81. The normalized spacial score (nSPS) is 11.5. The van der Waals surface area contributed by atoms with Crippen LogP contribution >= 0.6 is 0 Å². The molecule has 0 saturated heterocycles. The van der Waals surface area contributed by atoms with Gasteiger partial charge in [-0.3, -0.25) is 14.4 Å².